The molecule has 146 valence electrons. The van der Waals surface area contributed by atoms with Crippen molar-refractivity contribution < 1.29 is 14.6 Å². The number of piperazine rings is 1. The molecule has 2 aromatic rings. The molecule has 7 heteroatoms. The molecule has 2 aliphatic rings. The fraction of sp³-hybridized carbons (Fsp3) is 0.333. The van der Waals surface area contributed by atoms with Crippen molar-refractivity contribution in [3.8, 4) is 5.75 Å². The Bertz CT molecular complexity index is 865. The molecule has 0 aromatic heterocycles. The highest BCUT2D eigenvalue weighted by atomic mass is 16.5. The van der Waals surface area contributed by atoms with Crippen LogP contribution in [-0.4, -0.2) is 61.1 Å². The summed E-state index contributed by atoms with van der Waals surface area (Å²) in [5.74, 6) is -0.616. The number of carboxylic acids is 1. The summed E-state index contributed by atoms with van der Waals surface area (Å²) >= 11 is 0. The normalized spacial score (nSPS) is 22.8. The van der Waals surface area contributed by atoms with Gasteiger partial charge in [0.15, 0.2) is 5.71 Å². The van der Waals surface area contributed by atoms with Gasteiger partial charge in [0.25, 0.3) is 0 Å². The van der Waals surface area contributed by atoms with Crippen molar-refractivity contribution in [2.24, 2.45) is 5.10 Å². The third kappa shape index (κ3) is 3.46. The van der Waals surface area contributed by atoms with Crippen molar-refractivity contribution in [1.29, 1.82) is 0 Å². The number of anilines is 1. The van der Waals surface area contributed by atoms with Crippen LogP contribution in [0.15, 0.2) is 59.7 Å². The van der Waals surface area contributed by atoms with E-state index in [0.717, 1.165) is 37.4 Å². The van der Waals surface area contributed by atoms with Gasteiger partial charge in [0, 0.05) is 32.2 Å². The molecule has 0 spiro atoms. The average Bonchev–Trinajstić information content (AvgIpc) is 3.16. The molecule has 1 fully saturated rings. The lowest BCUT2D eigenvalue weighted by Gasteiger charge is -2.40. The van der Waals surface area contributed by atoms with Crippen LogP contribution >= 0.6 is 0 Å². The molecule has 0 radical (unpaired) electrons. The molecule has 0 saturated carbocycles. The average molecular weight is 380 g/mol. The van der Waals surface area contributed by atoms with Gasteiger partial charge in [-0.2, -0.15) is 5.10 Å². The molecule has 2 N–H and O–H groups in total. The van der Waals surface area contributed by atoms with Crippen molar-refractivity contribution in [2.75, 3.05) is 38.3 Å². The van der Waals surface area contributed by atoms with E-state index in [1.54, 1.807) is 7.11 Å². The van der Waals surface area contributed by atoms with Gasteiger partial charge in [-0.25, -0.2) is 9.80 Å². The zero-order chi connectivity index (χ0) is 19.5. The smallest absolute Gasteiger partial charge is 0.352 e. The Labute approximate surface area is 164 Å². The first-order valence-electron chi connectivity index (χ1n) is 9.44. The Balaban J connectivity index is 1.81. The summed E-state index contributed by atoms with van der Waals surface area (Å²) in [5, 5.41) is 19.7. The molecule has 0 aliphatic carbocycles. The Hall–Kier alpha value is -2.90. The number of hydrazone groups is 1. The number of carbonyl (C=O) groups is 1. The summed E-state index contributed by atoms with van der Waals surface area (Å²) in [6.07, 6.45) is -0.206. The molecule has 0 amide bonds. The van der Waals surface area contributed by atoms with Gasteiger partial charge >= 0.3 is 5.97 Å². The van der Waals surface area contributed by atoms with Crippen LogP contribution in [-0.2, 0) is 4.79 Å². The van der Waals surface area contributed by atoms with Gasteiger partial charge in [-0.05, 0) is 17.7 Å². The Morgan fingerprint density at radius 2 is 1.89 bits per heavy atom. The van der Waals surface area contributed by atoms with Gasteiger partial charge in [-0.3, -0.25) is 4.90 Å². The first-order valence-corrected chi connectivity index (χ1v) is 9.44. The second-order valence-electron chi connectivity index (χ2n) is 6.92. The summed E-state index contributed by atoms with van der Waals surface area (Å²) in [5.41, 5.74) is 1.94. The lowest BCUT2D eigenvalue weighted by molar-refractivity contribution is -0.129. The minimum Gasteiger partial charge on any atom is -0.497 e. The number of nitrogens with zero attached hydrogens (tertiary/aromatic N) is 3. The van der Waals surface area contributed by atoms with E-state index >= 15 is 0 Å². The van der Waals surface area contributed by atoms with Crippen molar-refractivity contribution in [2.45, 2.75) is 12.1 Å². The summed E-state index contributed by atoms with van der Waals surface area (Å²) in [6.45, 7) is 3.40. The van der Waals surface area contributed by atoms with Gasteiger partial charge in [0.1, 0.15) is 11.9 Å². The fourth-order valence-electron chi connectivity index (χ4n) is 3.96. The molecule has 2 aliphatic heterocycles. The van der Waals surface area contributed by atoms with Gasteiger partial charge in [-0.15, -0.1) is 0 Å². The van der Waals surface area contributed by atoms with Gasteiger partial charge in [-0.1, -0.05) is 36.4 Å². The van der Waals surface area contributed by atoms with Crippen LogP contribution in [0.1, 0.15) is 11.5 Å². The SMILES string of the molecule is COc1cccc(N2N=C(C(=O)O)C(c3ccccc3)C2N2CCNCC2)c1. The molecule has 7 nitrogen and oxygen atoms in total. The number of hydrogen-bond acceptors (Lipinski definition) is 6. The van der Waals surface area contributed by atoms with E-state index in [1.807, 2.05) is 59.6 Å². The Morgan fingerprint density at radius 3 is 2.57 bits per heavy atom. The zero-order valence-electron chi connectivity index (χ0n) is 15.8. The zero-order valence-corrected chi connectivity index (χ0v) is 15.8. The predicted molar refractivity (Wildman–Crippen MR) is 108 cm³/mol. The van der Waals surface area contributed by atoms with Gasteiger partial charge in [0.2, 0.25) is 0 Å². The molecule has 2 heterocycles. The number of methoxy groups -OCH3 is 1. The summed E-state index contributed by atoms with van der Waals surface area (Å²) in [6, 6.07) is 17.4. The summed E-state index contributed by atoms with van der Waals surface area (Å²) < 4.78 is 5.37. The maximum atomic E-state index is 12.1. The van der Waals surface area contributed by atoms with E-state index < -0.39 is 5.97 Å². The highest BCUT2D eigenvalue weighted by Gasteiger charge is 2.45. The number of nitrogens with one attached hydrogen (secondary N) is 1. The summed E-state index contributed by atoms with van der Waals surface area (Å²) in [7, 11) is 1.62. The molecule has 28 heavy (non-hydrogen) atoms. The number of ether oxygens (including phenoxy) is 1. The molecule has 2 aromatic carbocycles. The second-order valence-corrected chi connectivity index (χ2v) is 6.92. The molecular weight excluding hydrogens is 356 g/mol. The minimum absolute atomic E-state index is 0.164. The van der Waals surface area contributed by atoms with Gasteiger partial charge in [0.05, 0.1) is 18.7 Å². The van der Waals surface area contributed by atoms with E-state index in [9.17, 15) is 9.90 Å². The standard InChI is InChI=1S/C21H24N4O3/c1-28-17-9-5-8-16(14-17)25-20(24-12-10-22-11-13-24)18(19(23-25)21(26)27)15-6-3-2-4-7-15/h2-9,14,18,20,22H,10-13H2,1H3,(H,26,27). The van der Waals surface area contributed by atoms with Crippen LogP contribution in [0, 0.1) is 0 Å². The van der Waals surface area contributed by atoms with E-state index in [2.05, 4.69) is 15.3 Å². The van der Waals surface area contributed by atoms with E-state index in [4.69, 9.17) is 4.74 Å². The number of rotatable bonds is 5. The molecule has 1 saturated heterocycles. The topological polar surface area (TPSA) is 77.4 Å². The van der Waals surface area contributed by atoms with Crippen LogP contribution in [0.2, 0.25) is 0 Å². The predicted octanol–water partition coefficient (Wildman–Crippen LogP) is 1.97. The van der Waals surface area contributed by atoms with Crippen molar-refractivity contribution in [3.05, 3.63) is 60.2 Å². The first kappa shape index (κ1) is 18.5. The van der Waals surface area contributed by atoms with Crippen LogP contribution in [0.3, 0.4) is 0 Å². The highest BCUT2D eigenvalue weighted by Crippen LogP contribution is 2.38. The lowest BCUT2D eigenvalue weighted by Crippen LogP contribution is -2.55. The number of hydrogen-bond donors (Lipinski definition) is 2. The fourth-order valence-corrected chi connectivity index (χ4v) is 3.96. The van der Waals surface area contributed by atoms with E-state index in [-0.39, 0.29) is 17.8 Å². The van der Waals surface area contributed by atoms with Crippen LogP contribution in [0.5, 0.6) is 5.75 Å². The Morgan fingerprint density at radius 1 is 1.14 bits per heavy atom. The quantitative estimate of drug-likeness (QED) is 0.826. The molecule has 2 unspecified atom stereocenters. The highest BCUT2D eigenvalue weighted by molar-refractivity contribution is 6.39. The van der Waals surface area contributed by atoms with Crippen molar-refractivity contribution in [1.82, 2.24) is 10.2 Å². The second kappa shape index (κ2) is 8.00. The maximum absolute atomic E-state index is 12.1. The van der Waals surface area contributed by atoms with Crippen LogP contribution in [0.4, 0.5) is 5.69 Å². The first-order chi connectivity index (χ1) is 13.7. The third-order valence-electron chi connectivity index (χ3n) is 5.28. The number of benzene rings is 2. The molecular formula is C21H24N4O3. The van der Waals surface area contributed by atoms with Gasteiger partial charge < -0.3 is 15.2 Å². The third-order valence-corrected chi connectivity index (χ3v) is 5.28. The maximum Gasteiger partial charge on any atom is 0.352 e. The number of aliphatic carboxylic acids is 1. The molecule has 2 atom stereocenters. The lowest BCUT2D eigenvalue weighted by atomic mass is 9.90. The van der Waals surface area contributed by atoms with E-state index in [0.29, 0.717) is 5.75 Å². The molecule has 0 bridgehead atoms. The van der Waals surface area contributed by atoms with E-state index in [1.165, 1.54) is 0 Å². The molecule has 4 rings (SSSR count). The largest absolute Gasteiger partial charge is 0.497 e. The van der Waals surface area contributed by atoms with Crippen LogP contribution in [0.25, 0.3) is 0 Å². The van der Waals surface area contributed by atoms with Crippen LogP contribution < -0.4 is 15.1 Å². The summed E-state index contributed by atoms with van der Waals surface area (Å²) in [4.78, 5) is 14.4. The monoisotopic (exact) mass is 380 g/mol. The number of carboxylic acid groups (broad SMARTS) is 1. The Kier molecular flexibility index (Phi) is 5.27. The van der Waals surface area contributed by atoms with Crippen molar-refractivity contribution >= 4 is 17.4 Å². The minimum atomic E-state index is -0.987. The van der Waals surface area contributed by atoms with Crippen molar-refractivity contribution in [3.63, 3.8) is 0 Å².